The van der Waals surface area contributed by atoms with Crippen molar-refractivity contribution in [2.75, 3.05) is 39.3 Å². The molecule has 1 atom stereocenters. The lowest BCUT2D eigenvalue weighted by Gasteiger charge is -2.40. The first-order chi connectivity index (χ1) is 20.9. The summed E-state index contributed by atoms with van der Waals surface area (Å²) in [7, 11) is 0. The van der Waals surface area contributed by atoms with E-state index in [4.69, 9.17) is 4.74 Å². The fourth-order valence-electron chi connectivity index (χ4n) is 6.53. The molecule has 1 unspecified atom stereocenters. The highest BCUT2D eigenvalue weighted by Crippen LogP contribution is 2.24. The molecule has 230 valence electrons. The molecule has 2 aliphatic rings. The number of imide groups is 1. The largest absolute Gasteiger partial charge is 0.494 e. The number of nitrogens with zero attached hydrogens (tertiary/aromatic N) is 3. The summed E-state index contributed by atoms with van der Waals surface area (Å²) < 4.78 is 5.75. The maximum atomic E-state index is 14.1. The Hall–Kier alpha value is -3.69. The minimum absolute atomic E-state index is 0.0632. The number of piperazine rings is 1. The maximum absolute atomic E-state index is 14.1. The Bertz CT molecular complexity index is 1390. The van der Waals surface area contributed by atoms with E-state index in [1.54, 1.807) is 0 Å². The van der Waals surface area contributed by atoms with Crippen LogP contribution in [-0.4, -0.2) is 88.8 Å². The quantitative estimate of drug-likeness (QED) is 0.350. The fraction of sp³-hybridized carbons (Fsp3) is 0.500. The Labute approximate surface area is 254 Å². The van der Waals surface area contributed by atoms with Crippen molar-refractivity contribution in [2.45, 2.75) is 71.0 Å². The molecule has 1 saturated heterocycles. The number of carbonyl (C=O) groups is 3. The van der Waals surface area contributed by atoms with Crippen LogP contribution in [0.15, 0.2) is 54.7 Å². The number of carbonyl (C=O) groups excluding carboxylic acids is 3. The topological polar surface area (TPSA) is 98.0 Å². The van der Waals surface area contributed by atoms with Crippen LogP contribution in [0.2, 0.25) is 0 Å². The Kier molecular flexibility index (Phi) is 10.5. The summed E-state index contributed by atoms with van der Waals surface area (Å²) in [6.45, 7) is 7.64. The number of nitrogens with one attached hydrogen (secondary N) is 2. The molecule has 1 aliphatic carbocycles. The van der Waals surface area contributed by atoms with Gasteiger partial charge in [-0.2, -0.15) is 0 Å². The monoisotopic (exact) mass is 587 g/mol. The third-order valence-electron chi connectivity index (χ3n) is 8.84. The van der Waals surface area contributed by atoms with E-state index >= 15 is 0 Å². The van der Waals surface area contributed by atoms with Crippen LogP contribution in [0.3, 0.4) is 0 Å². The zero-order valence-electron chi connectivity index (χ0n) is 25.5. The number of aromatic nitrogens is 1. The van der Waals surface area contributed by atoms with Crippen LogP contribution in [0.25, 0.3) is 10.9 Å². The third kappa shape index (κ3) is 7.83. The third-order valence-corrected chi connectivity index (χ3v) is 8.84. The first-order valence-corrected chi connectivity index (χ1v) is 15.8. The molecule has 0 spiro atoms. The molecule has 2 aromatic carbocycles. The fourth-order valence-corrected chi connectivity index (χ4v) is 6.53. The first-order valence-electron chi connectivity index (χ1n) is 15.8. The van der Waals surface area contributed by atoms with Gasteiger partial charge in [0.2, 0.25) is 11.8 Å². The molecule has 3 amide bonds. The Balaban J connectivity index is 1.30. The molecule has 5 rings (SSSR count). The van der Waals surface area contributed by atoms with E-state index < -0.39 is 11.9 Å². The number of benzene rings is 2. The summed E-state index contributed by atoms with van der Waals surface area (Å²) in [6, 6.07) is 15.1. The number of rotatable bonds is 11. The maximum Gasteiger partial charge on any atom is 0.252 e. The normalized spacial score (nSPS) is 17.4. The van der Waals surface area contributed by atoms with E-state index in [2.05, 4.69) is 20.1 Å². The SMILES string of the molecule is CCOc1ccccc1CN(C(C)=O)C(=O)C(Cc1c[nH]c2ccccc12)NC(=O)CN1CCN(C2CCCCC2)CC1. The standard InChI is InChI=1S/C34H45N5O4/c1-3-43-32-16-10-7-11-26(32)23-39(25(2)40)34(42)31(21-27-22-35-30-15-9-8-14-29(27)30)36-33(41)24-37-17-19-38(20-18-37)28-12-5-4-6-13-28/h7-11,14-16,22,28,31,35H,3-6,12-13,17-21,23-24H2,1-2H3,(H,36,41). The number of fused-ring (bicyclic) bond motifs is 1. The highest BCUT2D eigenvalue weighted by atomic mass is 16.5. The zero-order valence-corrected chi connectivity index (χ0v) is 25.5. The summed E-state index contributed by atoms with van der Waals surface area (Å²) in [5.74, 6) is -0.385. The molecular weight excluding hydrogens is 542 g/mol. The molecular formula is C34H45N5O4. The van der Waals surface area contributed by atoms with E-state index in [1.165, 1.54) is 43.9 Å². The highest BCUT2D eigenvalue weighted by Gasteiger charge is 2.31. The second-order valence-corrected chi connectivity index (χ2v) is 11.8. The van der Waals surface area contributed by atoms with Gasteiger partial charge >= 0.3 is 0 Å². The number of hydrogen-bond acceptors (Lipinski definition) is 6. The number of para-hydroxylation sites is 2. The minimum Gasteiger partial charge on any atom is -0.494 e. The number of hydrogen-bond donors (Lipinski definition) is 2. The van der Waals surface area contributed by atoms with Crippen LogP contribution in [0, 0.1) is 0 Å². The molecule has 1 aromatic heterocycles. The zero-order chi connectivity index (χ0) is 30.2. The van der Waals surface area contributed by atoms with Gasteiger partial charge in [-0.05, 0) is 37.5 Å². The lowest BCUT2D eigenvalue weighted by molar-refractivity contribution is -0.147. The summed E-state index contributed by atoms with van der Waals surface area (Å²) >= 11 is 0. The Morgan fingerprint density at radius 3 is 2.44 bits per heavy atom. The predicted molar refractivity (Wildman–Crippen MR) is 168 cm³/mol. The van der Waals surface area contributed by atoms with Gasteiger partial charge in [0.25, 0.3) is 5.91 Å². The lowest BCUT2D eigenvalue weighted by Crippen LogP contribution is -2.55. The van der Waals surface area contributed by atoms with E-state index in [1.807, 2.05) is 61.7 Å². The molecule has 9 nitrogen and oxygen atoms in total. The molecule has 1 aliphatic heterocycles. The average molecular weight is 588 g/mol. The molecule has 0 radical (unpaired) electrons. The molecule has 9 heteroatoms. The van der Waals surface area contributed by atoms with E-state index in [0.29, 0.717) is 18.4 Å². The van der Waals surface area contributed by atoms with Crippen LogP contribution >= 0.6 is 0 Å². The second-order valence-electron chi connectivity index (χ2n) is 11.8. The van der Waals surface area contributed by atoms with Crippen LogP contribution in [-0.2, 0) is 27.3 Å². The van der Waals surface area contributed by atoms with Gasteiger partial charge in [0.15, 0.2) is 0 Å². The number of aromatic amines is 1. The predicted octanol–water partition coefficient (Wildman–Crippen LogP) is 4.12. The van der Waals surface area contributed by atoms with Crippen molar-refractivity contribution < 1.29 is 19.1 Å². The van der Waals surface area contributed by atoms with Gasteiger partial charge in [-0.3, -0.25) is 29.1 Å². The van der Waals surface area contributed by atoms with Gasteiger partial charge in [0, 0.05) is 68.2 Å². The van der Waals surface area contributed by atoms with Crippen molar-refractivity contribution in [3.8, 4) is 5.75 Å². The van der Waals surface area contributed by atoms with Crippen LogP contribution < -0.4 is 10.1 Å². The summed E-state index contributed by atoms with van der Waals surface area (Å²) in [5, 5.41) is 4.01. The Morgan fingerprint density at radius 2 is 1.70 bits per heavy atom. The van der Waals surface area contributed by atoms with Crippen molar-refractivity contribution in [3.63, 3.8) is 0 Å². The van der Waals surface area contributed by atoms with Gasteiger partial charge in [-0.1, -0.05) is 55.7 Å². The average Bonchev–Trinajstić information content (AvgIpc) is 3.43. The van der Waals surface area contributed by atoms with E-state index in [0.717, 1.165) is 48.2 Å². The molecule has 3 aromatic rings. The first kappa shape index (κ1) is 30.8. The van der Waals surface area contributed by atoms with Crippen LogP contribution in [0.4, 0.5) is 0 Å². The molecule has 2 heterocycles. The summed E-state index contributed by atoms with van der Waals surface area (Å²) in [4.78, 5) is 49.6. The van der Waals surface area contributed by atoms with Crippen LogP contribution in [0.1, 0.15) is 57.1 Å². The molecule has 0 bridgehead atoms. The van der Waals surface area contributed by atoms with Gasteiger partial charge in [-0.15, -0.1) is 0 Å². The van der Waals surface area contributed by atoms with Gasteiger partial charge in [0.1, 0.15) is 11.8 Å². The lowest BCUT2D eigenvalue weighted by atomic mass is 9.94. The van der Waals surface area contributed by atoms with Crippen molar-refractivity contribution in [1.29, 1.82) is 0 Å². The minimum atomic E-state index is -0.904. The van der Waals surface area contributed by atoms with Crippen LogP contribution in [0.5, 0.6) is 5.75 Å². The van der Waals surface area contributed by atoms with Crippen molar-refractivity contribution in [2.24, 2.45) is 0 Å². The number of ether oxygens (including phenoxy) is 1. The number of amides is 3. The highest BCUT2D eigenvalue weighted by molar-refractivity contribution is 5.99. The summed E-state index contributed by atoms with van der Waals surface area (Å²) in [6.07, 6.45) is 8.67. The van der Waals surface area contributed by atoms with Crippen molar-refractivity contribution in [3.05, 3.63) is 65.9 Å². The molecule has 2 fully saturated rings. The molecule has 43 heavy (non-hydrogen) atoms. The smallest absolute Gasteiger partial charge is 0.252 e. The van der Waals surface area contributed by atoms with Gasteiger partial charge in [0.05, 0.1) is 19.7 Å². The van der Waals surface area contributed by atoms with Crippen molar-refractivity contribution >= 4 is 28.6 Å². The Morgan fingerprint density at radius 1 is 0.977 bits per heavy atom. The van der Waals surface area contributed by atoms with Crippen molar-refractivity contribution in [1.82, 2.24) is 25.0 Å². The molecule has 2 N–H and O–H groups in total. The van der Waals surface area contributed by atoms with E-state index in [9.17, 15) is 14.4 Å². The van der Waals surface area contributed by atoms with Gasteiger partial charge in [-0.25, -0.2) is 0 Å². The summed E-state index contributed by atoms with van der Waals surface area (Å²) in [5.41, 5.74) is 2.61. The van der Waals surface area contributed by atoms with E-state index in [-0.39, 0.29) is 31.3 Å². The number of H-pyrrole nitrogens is 1. The van der Waals surface area contributed by atoms with Gasteiger partial charge < -0.3 is 15.0 Å². The molecule has 1 saturated carbocycles. The second kappa shape index (κ2) is 14.7.